The lowest BCUT2D eigenvalue weighted by atomic mass is 9.74. The van der Waals surface area contributed by atoms with Crippen LogP contribution in [0.3, 0.4) is 0 Å². The van der Waals surface area contributed by atoms with E-state index < -0.39 is 21.1 Å². The van der Waals surface area contributed by atoms with E-state index in [1.165, 1.54) is 22.4 Å². The fraction of sp³-hybridized carbons (Fsp3) is 0.720. The third-order valence-electron chi connectivity index (χ3n) is 5.39. The third kappa shape index (κ3) is 7.18. The fourth-order valence-corrected chi connectivity index (χ4v) is 32.0. The van der Waals surface area contributed by atoms with Gasteiger partial charge in [0.15, 0.2) is 0 Å². The molecule has 1 nitrogen and oxygen atoms in total. The molecule has 0 aliphatic carbocycles. The van der Waals surface area contributed by atoms with Gasteiger partial charge in [0.25, 0.3) is 0 Å². The number of rotatable bonds is 3. The number of hydrogen-bond donors (Lipinski definition) is 0. The third-order valence-corrected chi connectivity index (χ3v) is 23.6. The van der Waals surface area contributed by atoms with Crippen LogP contribution in [0, 0.1) is 0 Å². The summed E-state index contributed by atoms with van der Waals surface area (Å²) < 4.78 is 7.47. The Morgan fingerprint density at radius 2 is 1.03 bits per heavy atom. The first-order valence-electron chi connectivity index (χ1n) is 11.2. The Balaban J connectivity index is 4.26. The van der Waals surface area contributed by atoms with Crippen LogP contribution < -0.4 is 0 Å². The van der Waals surface area contributed by atoms with Crippen molar-refractivity contribution in [3.63, 3.8) is 0 Å². The Morgan fingerprint density at radius 3 is 1.27 bits per heavy atom. The first kappa shape index (κ1) is 28.4. The average molecular weight is 576 g/mol. The van der Waals surface area contributed by atoms with E-state index in [4.69, 9.17) is 4.74 Å². The second-order valence-electron chi connectivity index (χ2n) is 13.9. The summed E-state index contributed by atoms with van der Waals surface area (Å²) in [5.41, 5.74) is 5.77. The van der Waals surface area contributed by atoms with Crippen molar-refractivity contribution in [2.75, 3.05) is 0 Å². The normalized spacial score (nSPS) is 14.9. The van der Waals surface area contributed by atoms with Gasteiger partial charge in [-0.3, -0.25) is 0 Å². The van der Waals surface area contributed by atoms with Crippen LogP contribution in [0.2, 0.25) is 39.3 Å². The minimum atomic E-state index is -1.40. The Morgan fingerprint density at radius 1 is 0.700 bits per heavy atom. The monoisotopic (exact) mass is 575 g/mol. The maximum atomic E-state index is 5.63. The van der Waals surface area contributed by atoms with Crippen molar-refractivity contribution < 1.29 is 0 Å². The zero-order valence-electron chi connectivity index (χ0n) is 22.4. The molecule has 1 aromatic rings. The van der Waals surface area contributed by atoms with Crippen molar-refractivity contribution in [3.8, 4) is 0 Å². The molecule has 172 valence electrons. The first-order valence-corrected chi connectivity index (χ1v) is 22.3. The van der Waals surface area contributed by atoms with Crippen molar-refractivity contribution in [2.45, 2.75) is 118 Å². The van der Waals surface area contributed by atoms with E-state index >= 15 is 0 Å². The highest BCUT2D eigenvalue weighted by Crippen LogP contribution is 2.47. The summed E-state index contributed by atoms with van der Waals surface area (Å²) in [6.45, 7) is 36.1. The Labute approximate surface area is 203 Å². The summed E-state index contributed by atoms with van der Waals surface area (Å²) in [6, 6.07) is 4.91. The standard InChI is InChI=1S/C25H47INPSi2/c1-23(2,3)18-16-19(24(4,5)6)21(20(17-18)25(7,8)9)27-28(26)22(29(10,11)12)30(13,14)15/h16-17H,1-15H3. The van der Waals surface area contributed by atoms with Crippen LogP contribution in [0.15, 0.2) is 16.9 Å². The van der Waals surface area contributed by atoms with Gasteiger partial charge in [-0.15, -0.1) is 0 Å². The van der Waals surface area contributed by atoms with E-state index in [0.29, 0.717) is 0 Å². The van der Waals surface area contributed by atoms with Crippen molar-refractivity contribution in [3.05, 3.63) is 28.8 Å². The van der Waals surface area contributed by atoms with Crippen molar-refractivity contribution >= 4 is 53.4 Å². The zero-order chi connectivity index (χ0) is 24.1. The molecule has 0 aromatic heterocycles. The largest absolute Gasteiger partial charge is 0.228 e. The minimum absolute atomic E-state index is 0.0609. The summed E-state index contributed by atoms with van der Waals surface area (Å²) in [4.78, 5) is -0.526. The molecule has 0 radical (unpaired) electrons. The number of benzene rings is 1. The maximum absolute atomic E-state index is 5.63. The highest BCUT2D eigenvalue weighted by molar-refractivity contribution is 14.2. The molecule has 0 aliphatic heterocycles. The minimum Gasteiger partial charge on any atom is -0.228 e. The van der Waals surface area contributed by atoms with E-state index in [9.17, 15) is 0 Å². The summed E-state index contributed by atoms with van der Waals surface area (Å²) in [5, 5.41) is 0. The molecule has 1 aromatic carbocycles. The van der Waals surface area contributed by atoms with Crippen molar-refractivity contribution in [2.24, 2.45) is 4.74 Å². The van der Waals surface area contributed by atoms with Gasteiger partial charge in [0.1, 0.15) is 0 Å². The quantitative estimate of drug-likeness (QED) is 0.193. The second kappa shape index (κ2) is 8.95. The lowest BCUT2D eigenvalue weighted by Gasteiger charge is -2.33. The fourth-order valence-electron chi connectivity index (χ4n) is 4.13. The van der Waals surface area contributed by atoms with Gasteiger partial charge >= 0.3 is 0 Å². The molecule has 0 saturated heterocycles. The van der Waals surface area contributed by atoms with Gasteiger partial charge in [-0.2, -0.15) is 0 Å². The number of hydrogen-bond acceptors (Lipinski definition) is 1. The highest BCUT2D eigenvalue weighted by atomic mass is 127. The summed E-state index contributed by atoms with van der Waals surface area (Å²) in [6.07, 6.45) is 0. The average Bonchev–Trinajstić information content (AvgIpc) is 2.39. The van der Waals surface area contributed by atoms with Crippen LogP contribution in [0.1, 0.15) is 79.0 Å². The first-order chi connectivity index (χ1) is 13.0. The van der Waals surface area contributed by atoms with Crippen LogP contribution in [0.25, 0.3) is 0 Å². The van der Waals surface area contributed by atoms with Gasteiger partial charge in [0.05, 0.1) is 21.8 Å². The SMILES string of the molecule is CC(C)(C)c1cc(C(C)(C)C)c(N=P(I)=C([Si](C)(C)C)[Si](C)(C)C)c(C(C)(C)C)c1. The molecule has 1 atom stereocenters. The van der Waals surface area contributed by atoms with Crippen LogP contribution in [0.5, 0.6) is 0 Å². The molecular formula is C25H47INPSi2. The summed E-state index contributed by atoms with van der Waals surface area (Å²) in [5.74, 6) is 0. The van der Waals surface area contributed by atoms with E-state index in [1.807, 2.05) is 4.54 Å². The maximum Gasteiger partial charge on any atom is 0.0755 e. The highest BCUT2D eigenvalue weighted by Gasteiger charge is 2.34. The molecule has 1 unspecified atom stereocenters. The molecule has 0 N–H and O–H groups in total. The molecule has 0 saturated carbocycles. The Bertz CT molecular complexity index is 823. The smallest absolute Gasteiger partial charge is 0.0755 e. The van der Waals surface area contributed by atoms with E-state index in [0.717, 1.165) is 0 Å². The Kier molecular flexibility index (Phi) is 8.47. The predicted octanol–water partition coefficient (Wildman–Crippen LogP) is 10.2. The molecular weight excluding hydrogens is 528 g/mol. The molecule has 0 amide bonds. The Hall–Kier alpha value is 0.354. The molecule has 0 bridgehead atoms. The van der Waals surface area contributed by atoms with E-state index in [-0.39, 0.29) is 16.2 Å². The molecule has 0 fully saturated rings. The topological polar surface area (TPSA) is 12.4 Å². The van der Waals surface area contributed by atoms with Crippen molar-refractivity contribution in [1.29, 1.82) is 0 Å². The molecule has 0 spiro atoms. The van der Waals surface area contributed by atoms with Gasteiger partial charge in [0.2, 0.25) is 0 Å². The molecule has 0 aliphatic rings. The zero-order valence-corrected chi connectivity index (χ0v) is 27.5. The van der Waals surface area contributed by atoms with Gasteiger partial charge in [0, 0.05) is 27.0 Å². The van der Waals surface area contributed by atoms with Gasteiger partial charge in [-0.05, 0) is 37.5 Å². The van der Waals surface area contributed by atoms with Crippen LogP contribution in [-0.4, -0.2) is 20.7 Å². The molecule has 1 rings (SSSR count). The summed E-state index contributed by atoms with van der Waals surface area (Å²) in [7, 11) is -2.80. The number of halogens is 1. The van der Waals surface area contributed by atoms with Gasteiger partial charge < -0.3 is 0 Å². The molecule has 5 heteroatoms. The molecule has 30 heavy (non-hydrogen) atoms. The van der Waals surface area contributed by atoms with Crippen LogP contribution in [-0.2, 0) is 16.2 Å². The van der Waals surface area contributed by atoms with Crippen LogP contribution in [0.4, 0.5) is 5.69 Å². The number of nitrogens with zero attached hydrogens (tertiary/aromatic N) is 1. The van der Waals surface area contributed by atoms with E-state index in [1.54, 1.807) is 0 Å². The predicted molar refractivity (Wildman–Crippen MR) is 157 cm³/mol. The lowest BCUT2D eigenvalue weighted by molar-refractivity contribution is 0.550. The van der Waals surface area contributed by atoms with Gasteiger partial charge in [-0.25, -0.2) is 4.74 Å². The van der Waals surface area contributed by atoms with Crippen molar-refractivity contribution in [1.82, 2.24) is 0 Å². The lowest BCUT2D eigenvalue weighted by Crippen LogP contribution is -2.48. The second-order valence-corrected chi connectivity index (χ2v) is 29.1. The summed E-state index contributed by atoms with van der Waals surface area (Å²) >= 11 is 2.70. The van der Waals surface area contributed by atoms with Crippen LogP contribution >= 0.6 is 27.0 Å². The van der Waals surface area contributed by atoms with Gasteiger partial charge in [-0.1, -0.05) is 114 Å². The van der Waals surface area contributed by atoms with E-state index in [2.05, 4.69) is 136 Å². The molecule has 0 heterocycles.